The average molecular weight is 253 g/mol. The lowest BCUT2D eigenvalue weighted by Gasteiger charge is -2.27. The van der Waals surface area contributed by atoms with E-state index >= 15 is 0 Å². The Labute approximate surface area is 100 Å². The van der Waals surface area contributed by atoms with Crippen molar-refractivity contribution in [2.45, 2.75) is 13.0 Å². The van der Waals surface area contributed by atoms with Crippen molar-refractivity contribution in [2.75, 3.05) is 32.8 Å². The van der Waals surface area contributed by atoms with Gasteiger partial charge in [0.25, 0.3) is 0 Å². The van der Waals surface area contributed by atoms with Gasteiger partial charge in [0.15, 0.2) is 0 Å². The normalized spacial score (nSPS) is 18.4. The molecule has 1 unspecified atom stereocenters. The highest BCUT2D eigenvalue weighted by atomic mass is 35.5. The molecule has 0 saturated carbocycles. The van der Waals surface area contributed by atoms with Crippen LogP contribution in [0.3, 0.4) is 0 Å². The molecule has 0 amide bonds. The summed E-state index contributed by atoms with van der Waals surface area (Å²) in [7, 11) is 0. The summed E-state index contributed by atoms with van der Waals surface area (Å²) in [6.45, 7) is 4.37. The second kappa shape index (κ2) is 7.56. The van der Waals surface area contributed by atoms with E-state index in [0.717, 1.165) is 13.1 Å². The molecule has 2 N–H and O–H groups in total. The fourth-order valence-corrected chi connectivity index (χ4v) is 1.35. The van der Waals surface area contributed by atoms with Crippen LogP contribution in [-0.4, -0.2) is 55.7 Å². The Hall–Kier alpha value is -0.690. The molecular formula is C9H17ClN2O4. The predicted molar refractivity (Wildman–Crippen MR) is 59.3 cm³/mol. The van der Waals surface area contributed by atoms with Gasteiger partial charge in [-0.1, -0.05) is 0 Å². The number of morpholine rings is 1. The Morgan fingerprint density at radius 1 is 1.44 bits per heavy atom. The van der Waals surface area contributed by atoms with Crippen molar-refractivity contribution in [3.8, 4) is 0 Å². The Balaban J connectivity index is 0.00000225. The predicted octanol–water partition coefficient (Wildman–Crippen LogP) is -0.843. The van der Waals surface area contributed by atoms with Crippen LogP contribution < -0.4 is 5.73 Å². The van der Waals surface area contributed by atoms with Crippen LogP contribution in [0.25, 0.3) is 0 Å². The Bertz CT molecular complexity index is 244. The van der Waals surface area contributed by atoms with Crippen molar-refractivity contribution in [1.82, 2.24) is 4.90 Å². The first-order valence-electron chi connectivity index (χ1n) is 4.87. The van der Waals surface area contributed by atoms with Gasteiger partial charge in [-0.05, 0) is 0 Å². The Morgan fingerprint density at radius 3 is 2.50 bits per heavy atom. The van der Waals surface area contributed by atoms with Gasteiger partial charge in [-0.25, -0.2) is 4.79 Å². The highest BCUT2D eigenvalue weighted by Gasteiger charge is 2.21. The smallest absolute Gasteiger partial charge is 0.331 e. The van der Waals surface area contributed by atoms with E-state index < -0.39 is 18.0 Å². The topological polar surface area (TPSA) is 81.9 Å². The number of halogens is 1. The molecule has 0 spiro atoms. The Kier molecular flexibility index (Phi) is 7.24. The first-order valence-corrected chi connectivity index (χ1v) is 4.87. The maximum atomic E-state index is 11.2. The summed E-state index contributed by atoms with van der Waals surface area (Å²) in [5.74, 6) is -1.30. The monoisotopic (exact) mass is 252 g/mol. The van der Waals surface area contributed by atoms with E-state index in [1.807, 2.05) is 4.90 Å². The van der Waals surface area contributed by atoms with Gasteiger partial charge < -0.3 is 15.2 Å². The van der Waals surface area contributed by atoms with Crippen LogP contribution in [0.4, 0.5) is 0 Å². The van der Waals surface area contributed by atoms with E-state index in [2.05, 4.69) is 4.74 Å². The number of carbonyl (C=O) groups is 2. The van der Waals surface area contributed by atoms with Gasteiger partial charge in [-0.2, -0.15) is 0 Å². The molecule has 1 aliphatic heterocycles. The van der Waals surface area contributed by atoms with Gasteiger partial charge in [-0.15, -0.1) is 12.4 Å². The third-order valence-corrected chi connectivity index (χ3v) is 2.11. The molecule has 94 valence electrons. The number of rotatable bonds is 3. The standard InChI is InChI=1S/C9H16N2O4.ClH/c1-7(12)15-9(13)8(10)6-11-2-4-14-5-3-11;/h8H,2-6,10H2,1H3;1H. The zero-order chi connectivity index (χ0) is 11.3. The lowest BCUT2D eigenvalue weighted by molar-refractivity contribution is -0.159. The lowest BCUT2D eigenvalue weighted by Crippen LogP contribution is -2.47. The summed E-state index contributed by atoms with van der Waals surface area (Å²) in [5.41, 5.74) is 5.59. The highest BCUT2D eigenvalue weighted by Crippen LogP contribution is 1.98. The molecular weight excluding hydrogens is 236 g/mol. The van der Waals surface area contributed by atoms with E-state index in [1.54, 1.807) is 0 Å². The summed E-state index contributed by atoms with van der Waals surface area (Å²) in [6, 6.07) is -0.771. The van der Waals surface area contributed by atoms with Crippen LogP contribution in [0.1, 0.15) is 6.92 Å². The van der Waals surface area contributed by atoms with Gasteiger partial charge in [0.05, 0.1) is 13.2 Å². The molecule has 0 radical (unpaired) electrons. The summed E-state index contributed by atoms with van der Waals surface area (Å²) in [6.07, 6.45) is 0. The van der Waals surface area contributed by atoms with Gasteiger partial charge in [-0.3, -0.25) is 9.69 Å². The van der Waals surface area contributed by atoms with Crippen molar-refractivity contribution >= 4 is 24.3 Å². The molecule has 1 heterocycles. The highest BCUT2D eigenvalue weighted by molar-refractivity contribution is 5.87. The maximum Gasteiger partial charge on any atom is 0.331 e. The van der Waals surface area contributed by atoms with E-state index in [0.29, 0.717) is 19.8 Å². The van der Waals surface area contributed by atoms with Gasteiger partial charge in [0.2, 0.25) is 0 Å². The largest absolute Gasteiger partial charge is 0.392 e. The van der Waals surface area contributed by atoms with Crippen LogP contribution >= 0.6 is 12.4 Å². The summed E-state index contributed by atoms with van der Waals surface area (Å²) in [5, 5.41) is 0. The van der Waals surface area contributed by atoms with E-state index in [1.165, 1.54) is 6.92 Å². The molecule has 6 nitrogen and oxygen atoms in total. The fraction of sp³-hybridized carbons (Fsp3) is 0.778. The molecule has 16 heavy (non-hydrogen) atoms. The molecule has 0 aromatic rings. The number of esters is 2. The number of hydrogen-bond donors (Lipinski definition) is 1. The molecule has 1 aliphatic rings. The van der Waals surface area contributed by atoms with E-state index in [9.17, 15) is 9.59 Å². The number of hydrogen-bond acceptors (Lipinski definition) is 6. The first kappa shape index (κ1) is 15.3. The van der Waals surface area contributed by atoms with Crippen LogP contribution in [-0.2, 0) is 19.1 Å². The van der Waals surface area contributed by atoms with Crippen LogP contribution in [0.15, 0.2) is 0 Å². The van der Waals surface area contributed by atoms with Gasteiger partial charge in [0, 0.05) is 26.6 Å². The minimum Gasteiger partial charge on any atom is -0.392 e. The molecule has 1 fully saturated rings. The molecule has 0 aliphatic carbocycles. The van der Waals surface area contributed by atoms with Crippen LogP contribution in [0, 0.1) is 0 Å². The second-order valence-electron chi connectivity index (χ2n) is 3.43. The van der Waals surface area contributed by atoms with Crippen molar-refractivity contribution in [1.29, 1.82) is 0 Å². The summed E-state index contributed by atoms with van der Waals surface area (Å²) >= 11 is 0. The number of nitrogens with zero attached hydrogens (tertiary/aromatic N) is 1. The molecule has 0 aromatic carbocycles. The number of ether oxygens (including phenoxy) is 2. The minimum absolute atomic E-state index is 0. The van der Waals surface area contributed by atoms with E-state index in [-0.39, 0.29) is 12.4 Å². The van der Waals surface area contributed by atoms with Crippen molar-refractivity contribution in [2.24, 2.45) is 5.73 Å². The average Bonchev–Trinajstić information content (AvgIpc) is 2.18. The minimum atomic E-state index is -0.771. The molecule has 1 atom stereocenters. The van der Waals surface area contributed by atoms with Crippen LogP contribution in [0.2, 0.25) is 0 Å². The van der Waals surface area contributed by atoms with E-state index in [4.69, 9.17) is 10.5 Å². The van der Waals surface area contributed by atoms with Crippen molar-refractivity contribution in [3.05, 3.63) is 0 Å². The molecule has 0 bridgehead atoms. The van der Waals surface area contributed by atoms with Crippen molar-refractivity contribution in [3.63, 3.8) is 0 Å². The van der Waals surface area contributed by atoms with Crippen molar-refractivity contribution < 1.29 is 19.1 Å². The zero-order valence-electron chi connectivity index (χ0n) is 9.18. The maximum absolute atomic E-state index is 11.2. The van der Waals surface area contributed by atoms with Gasteiger partial charge in [0.1, 0.15) is 6.04 Å². The number of carbonyl (C=O) groups excluding carboxylic acids is 2. The second-order valence-corrected chi connectivity index (χ2v) is 3.43. The van der Waals surface area contributed by atoms with Crippen LogP contribution in [0.5, 0.6) is 0 Å². The molecule has 0 aromatic heterocycles. The first-order chi connectivity index (χ1) is 7.09. The summed E-state index contributed by atoms with van der Waals surface area (Å²) in [4.78, 5) is 23.7. The number of nitrogens with two attached hydrogens (primary N) is 1. The summed E-state index contributed by atoms with van der Waals surface area (Å²) < 4.78 is 9.55. The molecule has 7 heteroatoms. The SMILES string of the molecule is CC(=O)OC(=O)C(N)CN1CCOCC1.Cl. The van der Waals surface area contributed by atoms with Gasteiger partial charge >= 0.3 is 11.9 Å². The Morgan fingerprint density at radius 2 is 2.00 bits per heavy atom. The lowest BCUT2D eigenvalue weighted by atomic mass is 10.2. The fourth-order valence-electron chi connectivity index (χ4n) is 1.35. The molecule has 1 rings (SSSR count). The molecule has 1 saturated heterocycles. The third-order valence-electron chi connectivity index (χ3n) is 2.11. The zero-order valence-corrected chi connectivity index (χ0v) is 10.00. The third kappa shape index (κ3) is 5.41. The quantitative estimate of drug-likeness (QED) is 0.521.